The van der Waals surface area contributed by atoms with Crippen molar-refractivity contribution < 1.29 is 17.9 Å². The van der Waals surface area contributed by atoms with Crippen LogP contribution in [0.15, 0.2) is 24.3 Å². The zero-order valence-corrected chi connectivity index (χ0v) is 11.5. The number of para-hydroxylation sites is 1. The molecule has 0 aromatic heterocycles. The van der Waals surface area contributed by atoms with Crippen molar-refractivity contribution in [2.24, 2.45) is 5.92 Å². The minimum absolute atomic E-state index is 0.117. The molecule has 0 spiro atoms. The molecule has 1 saturated carbocycles. The average molecular weight is 287 g/mol. The highest BCUT2D eigenvalue weighted by atomic mass is 19.4. The molecule has 0 heterocycles. The number of anilines is 1. The van der Waals surface area contributed by atoms with E-state index in [2.05, 4.69) is 5.32 Å². The van der Waals surface area contributed by atoms with Crippen molar-refractivity contribution in [2.75, 3.05) is 12.4 Å². The van der Waals surface area contributed by atoms with E-state index in [-0.39, 0.29) is 18.9 Å². The lowest BCUT2D eigenvalue weighted by atomic mass is 9.85. The Morgan fingerprint density at radius 3 is 2.70 bits per heavy atom. The number of hydrogen-bond acceptors (Lipinski definition) is 2. The Balaban J connectivity index is 2.03. The molecule has 20 heavy (non-hydrogen) atoms. The summed E-state index contributed by atoms with van der Waals surface area (Å²) >= 11 is 0. The van der Waals surface area contributed by atoms with E-state index < -0.39 is 12.1 Å². The van der Waals surface area contributed by atoms with Crippen LogP contribution in [-0.4, -0.2) is 19.3 Å². The number of ether oxygens (including phenoxy) is 1. The fraction of sp³-hybridized carbons (Fsp3) is 0.600. The number of alkyl halides is 3. The Hall–Kier alpha value is -1.23. The van der Waals surface area contributed by atoms with E-state index in [0.29, 0.717) is 13.0 Å². The van der Waals surface area contributed by atoms with Crippen LogP contribution in [0.25, 0.3) is 0 Å². The highest BCUT2D eigenvalue weighted by Crippen LogP contribution is 2.38. The molecule has 1 aliphatic carbocycles. The molecule has 2 unspecified atom stereocenters. The van der Waals surface area contributed by atoms with Crippen molar-refractivity contribution in [1.29, 1.82) is 0 Å². The van der Waals surface area contributed by atoms with Crippen molar-refractivity contribution in [1.82, 2.24) is 0 Å². The Bertz CT molecular complexity index is 433. The number of halogens is 3. The molecule has 0 saturated heterocycles. The first-order valence-corrected chi connectivity index (χ1v) is 6.91. The van der Waals surface area contributed by atoms with Crippen molar-refractivity contribution in [3.8, 4) is 0 Å². The quantitative estimate of drug-likeness (QED) is 0.888. The zero-order chi connectivity index (χ0) is 14.6. The topological polar surface area (TPSA) is 21.3 Å². The molecule has 5 heteroatoms. The summed E-state index contributed by atoms with van der Waals surface area (Å²) < 4.78 is 43.5. The van der Waals surface area contributed by atoms with E-state index in [0.717, 1.165) is 17.7 Å². The summed E-state index contributed by atoms with van der Waals surface area (Å²) in [5.74, 6) is -1.18. The van der Waals surface area contributed by atoms with Gasteiger partial charge in [0.1, 0.15) is 0 Å². The molecule has 2 rings (SSSR count). The maximum atomic E-state index is 12.8. The number of nitrogens with one attached hydrogen (secondary N) is 1. The van der Waals surface area contributed by atoms with Gasteiger partial charge in [0.25, 0.3) is 0 Å². The molecular formula is C15H20F3NO. The molecule has 0 amide bonds. The van der Waals surface area contributed by atoms with Gasteiger partial charge in [-0.2, -0.15) is 13.2 Å². The molecule has 1 N–H and O–H groups in total. The molecule has 2 atom stereocenters. The van der Waals surface area contributed by atoms with E-state index >= 15 is 0 Å². The van der Waals surface area contributed by atoms with Crippen LogP contribution in [0.3, 0.4) is 0 Å². The van der Waals surface area contributed by atoms with Gasteiger partial charge in [0.15, 0.2) is 0 Å². The van der Waals surface area contributed by atoms with Gasteiger partial charge in [0.05, 0.1) is 12.5 Å². The van der Waals surface area contributed by atoms with E-state index in [1.54, 1.807) is 7.11 Å². The predicted molar refractivity (Wildman–Crippen MR) is 72.6 cm³/mol. The fourth-order valence-electron chi connectivity index (χ4n) is 2.78. The number of benzene rings is 1. The minimum atomic E-state index is -4.08. The van der Waals surface area contributed by atoms with E-state index in [9.17, 15) is 13.2 Å². The molecule has 0 radical (unpaired) electrons. The maximum absolute atomic E-state index is 12.8. The van der Waals surface area contributed by atoms with Gasteiger partial charge in [-0.3, -0.25) is 0 Å². The SMILES string of the molecule is COCc1ccccc1NC1CCCC(C(F)(F)F)C1. The number of methoxy groups -OCH3 is 1. The molecular weight excluding hydrogens is 267 g/mol. The van der Waals surface area contributed by atoms with Crippen molar-refractivity contribution >= 4 is 5.69 Å². The van der Waals surface area contributed by atoms with Crippen LogP contribution in [-0.2, 0) is 11.3 Å². The molecule has 1 aliphatic rings. The lowest BCUT2D eigenvalue weighted by molar-refractivity contribution is -0.182. The van der Waals surface area contributed by atoms with E-state index in [1.807, 2.05) is 24.3 Å². The standard InChI is InChI=1S/C15H20F3NO/c1-20-10-11-5-2-3-8-14(11)19-13-7-4-6-12(9-13)15(16,17)18/h2-3,5,8,12-13,19H,4,6-7,9-10H2,1H3. The maximum Gasteiger partial charge on any atom is 0.391 e. The van der Waals surface area contributed by atoms with Crippen LogP contribution in [0.5, 0.6) is 0 Å². The first kappa shape index (κ1) is 15.2. The fourth-order valence-corrected chi connectivity index (χ4v) is 2.78. The summed E-state index contributed by atoms with van der Waals surface area (Å²) in [5, 5.41) is 3.26. The lowest BCUT2D eigenvalue weighted by Crippen LogP contribution is -2.34. The molecule has 2 nitrogen and oxygen atoms in total. The van der Waals surface area contributed by atoms with E-state index in [1.165, 1.54) is 0 Å². The highest BCUT2D eigenvalue weighted by molar-refractivity contribution is 5.51. The van der Waals surface area contributed by atoms with Gasteiger partial charge in [-0.25, -0.2) is 0 Å². The van der Waals surface area contributed by atoms with Gasteiger partial charge in [-0.15, -0.1) is 0 Å². The largest absolute Gasteiger partial charge is 0.391 e. The molecule has 1 aromatic rings. The second kappa shape index (κ2) is 6.48. The summed E-state index contributed by atoms with van der Waals surface area (Å²) in [6, 6.07) is 7.49. The van der Waals surface area contributed by atoms with Crippen LogP contribution in [0.2, 0.25) is 0 Å². The first-order chi connectivity index (χ1) is 9.50. The zero-order valence-electron chi connectivity index (χ0n) is 11.5. The normalized spacial score (nSPS) is 23.6. The van der Waals surface area contributed by atoms with Crippen LogP contribution in [0.1, 0.15) is 31.2 Å². The molecule has 112 valence electrons. The number of hydrogen-bond donors (Lipinski definition) is 1. The summed E-state index contributed by atoms with van der Waals surface area (Å²) in [6.07, 6.45) is -2.26. The van der Waals surface area contributed by atoms with E-state index in [4.69, 9.17) is 4.74 Å². The van der Waals surface area contributed by atoms with Crippen LogP contribution >= 0.6 is 0 Å². The summed E-state index contributed by atoms with van der Waals surface area (Å²) in [6.45, 7) is 0.457. The van der Waals surface area contributed by atoms with Crippen LogP contribution in [0.4, 0.5) is 18.9 Å². The molecule has 0 bridgehead atoms. The van der Waals surface area contributed by atoms with Crippen LogP contribution < -0.4 is 5.32 Å². The number of rotatable bonds is 4. The third kappa shape index (κ3) is 3.88. The third-order valence-electron chi connectivity index (χ3n) is 3.81. The van der Waals surface area contributed by atoms with Gasteiger partial charge in [-0.05, 0) is 25.3 Å². The average Bonchev–Trinajstić information content (AvgIpc) is 2.41. The van der Waals surface area contributed by atoms with Gasteiger partial charge in [-0.1, -0.05) is 24.6 Å². The highest BCUT2D eigenvalue weighted by Gasteiger charge is 2.42. The lowest BCUT2D eigenvalue weighted by Gasteiger charge is -2.32. The smallest absolute Gasteiger partial charge is 0.382 e. The summed E-state index contributed by atoms with van der Waals surface area (Å²) in [7, 11) is 1.61. The minimum Gasteiger partial charge on any atom is -0.382 e. The van der Waals surface area contributed by atoms with Gasteiger partial charge in [0.2, 0.25) is 0 Å². The Labute approximate surface area is 117 Å². The van der Waals surface area contributed by atoms with Gasteiger partial charge in [0, 0.05) is 24.4 Å². The molecule has 0 aliphatic heterocycles. The second-order valence-corrected chi connectivity index (χ2v) is 5.34. The Morgan fingerprint density at radius 1 is 1.25 bits per heavy atom. The first-order valence-electron chi connectivity index (χ1n) is 6.91. The summed E-state index contributed by atoms with van der Waals surface area (Å²) in [4.78, 5) is 0. The molecule has 1 fully saturated rings. The van der Waals surface area contributed by atoms with Gasteiger partial charge >= 0.3 is 6.18 Å². The Kier molecular flexibility index (Phi) is 4.91. The van der Waals surface area contributed by atoms with Crippen LogP contribution in [0, 0.1) is 5.92 Å². The third-order valence-corrected chi connectivity index (χ3v) is 3.81. The van der Waals surface area contributed by atoms with Gasteiger partial charge < -0.3 is 10.1 Å². The predicted octanol–water partition coefficient (Wildman–Crippen LogP) is 4.37. The molecule has 1 aromatic carbocycles. The Morgan fingerprint density at radius 2 is 2.00 bits per heavy atom. The second-order valence-electron chi connectivity index (χ2n) is 5.34. The summed E-state index contributed by atoms with van der Waals surface area (Å²) in [5.41, 5.74) is 1.85. The van der Waals surface area contributed by atoms with Crippen molar-refractivity contribution in [3.05, 3.63) is 29.8 Å². The van der Waals surface area contributed by atoms with Crippen molar-refractivity contribution in [3.63, 3.8) is 0 Å². The van der Waals surface area contributed by atoms with Crippen molar-refractivity contribution in [2.45, 2.75) is 44.5 Å². The monoisotopic (exact) mass is 287 g/mol.